The number of anilines is 1. The maximum atomic E-state index is 13.0. The summed E-state index contributed by atoms with van der Waals surface area (Å²) < 4.78 is 39.5. The SMILES string of the molecule is Nc1c(-c2ccc3c(c2)nc(C(F)(F)F)n3N)ccc2ccccc12. The molecule has 7 heteroatoms. The molecule has 0 amide bonds. The number of aromatic nitrogens is 2. The molecule has 0 aliphatic rings. The quantitative estimate of drug-likeness (QED) is 0.403. The van der Waals surface area contributed by atoms with E-state index in [1.54, 1.807) is 12.1 Å². The lowest BCUT2D eigenvalue weighted by Crippen LogP contribution is -2.20. The summed E-state index contributed by atoms with van der Waals surface area (Å²) >= 11 is 0. The van der Waals surface area contributed by atoms with Crippen molar-refractivity contribution in [3.63, 3.8) is 0 Å². The fourth-order valence-corrected chi connectivity index (χ4v) is 3.01. The third-order valence-corrected chi connectivity index (χ3v) is 4.22. The molecule has 0 saturated heterocycles. The first kappa shape index (κ1) is 15.3. The van der Waals surface area contributed by atoms with Gasteiger partial charge in [0.2, 0.25) is 5.82 Å². The number of benzene rings is 3. The molecule has 4 N–H and O–H groups in total. The van der Waals surface area contributed by atoms with Gasteiger partial charge in [0.05, 0.1) is 11.0 Å². The molecular formula is C18H13F3N4. The van der Waals surface area contributed by atoms with Crippen molar-refractivity contribution in [3.8, 4) is 11.1 Å². The van der Waals surface area contributed by atoms with E-state index in [-0.39, 0.29) is 11.0 Å². The van der Waals surface area contributed by atoms with Gasteiger partial charge in [0.1, 0.15) is 0 Å². The van der Waals surface area contributed by atoms with Crippen molar-refractivity contribution in [2.45, 2.75) is 6.18 Å². The number of nitrogen functional groups attached to an aromatic ring is 2. The molecule has 4 rings (SSSR count). The van der Waals surface area contributed by atoms with Crippen LogP contribution in [0.25, 0.3) is 32.9 Å². The number of fused-ring (bicyclic) bond motifs is 2. The highest BCUT2D eigenvalue weighted by atomic mass is 19.4. The second kappa shape index (κ2) is 5.14. The Bertz CT molecular complexity index is 1110. The van der Waals surface area contributed by atoms with E-state index in [4.69, 9.17) is 11.6 Å². The molecule has 4 nitrogen and oxygen atoms in total. The normalized spacial score (nSPS) is 12.1. The lowest BCUT2D eigenvalue weighted by Gasteiger charge is -2.09. The van der Waals surface area contributed by atoms with Gasteiger partial charge in [0.15, 0.2) is 0 Å². The second-order valence-electron chi connectivity index (χ2n) is 5.75. The highest BCUT2D eigenvalue weighted by Gasteiger charge is 2.37. The largest absolute Gasteiger partial charge is 0.451 e. The van der Waals surface area contributed by atoms with E-state index >= 15 is 0 Å². The van der Waals surface area contributed by atoms with E-state index < -0.39 is 12.0 Å². The van der Waals surface area contributed by atoms with Crippen LogP contribution >= 0.6 is 0 Å². The Morgan fingerprint density at radius 2 is 1.72 bits per heavy atom. The number of hydrogen-bond donors (Lipinski definition) is 2. The maximum absolute atomic E-state index is 13.0. The van der Waals surface area contributed by atoms with Gasteiger partial charge in [-0.1, -0.05) is 42.5 Å². The molecule has 4 aromatic rings. The van der Waals surface area contributed by atoms with Crippen LogP contribution in [0, 0.1) is 0 Å². The first-order valence-electron chi connectivity index (χ1n) is 7.48. The van der Waals surface area contributed by atoms with Crippen LogP contribution in [-0.2, 0) is 6.18 Å². The molecule has 0 aliphatic heterocycles. The molecule has 0 bridgehead atoms. The molecule has 25 heavy (non-hydrogen) atoms. The summed E-state index contributed by atoms with van der Waals surface area (Å²) in [5.74, 6) is 4.39. The van der Waals surface area contributed by atoms with Crippen LogP contribution in [0.2, 0.25) is 0 Å². The number of halogens is 3. The molecule has 1 heterocycles. The van der Waals surface area contributed by atoms with Crippen molar-refractivity contribution in [3.05, 3.63) is 60.4 Å². The molecule has 0 atom stereocenters. The maximum Gasteiger partial charge on any atom is 0.451 e. The highest BCUT2D eigenvalue weighted by molar-refractivity contribution is 6.01. The van der Waals surface area contributed by atoms with Crippen molar-refractivity contribution in [1.29, 1.82) is 0 Å². The molecule has 126 valence electrons. The van der Waals surface area contributed by atoms with Gasteiger partial charge >= 0.3 is 6.18 Å². The molecular weight excluding hydrogens is 329 g/mol. The van der Waals surface area contributed by atoms with Gasteiger partial charge in [-0.25, -0.2) is 9.66 Å². The van der Waals surface area contributed by atoms with E-state index in [1.807, 2.05) is 36.4 Å². The molecule has 0 fully saturated rings. The lowest BCUT2D eigenvalue weighted by molar-refractivity contribution is -0.146. The van der Waals surface area contributed by atoms with Gasteiger partial charge in [-0.2, -0.15) is 13.2 Å². The molecule has 0 aliphatic carbocycles. The fraction of sp³-hybridized carbons (Fsp3) is 0.0556. The number of nitrogens with two attached hydrogens (primary N) is 2. The van der Waals surface area contributed by atoms with Crippen molar-refractivity contribution in [2.24, 2.45) is 0 Å². The van der Waals surface area contributed by atoms with Crippen LogP contribution < -0.4 is 11.6 Å². The van der Waals surface area contributed by atoms with Gasteiger partial charge in [-0.05, 0) is 23.1 Å². The van der Waals surface area contributed by atoms with Crippen molar-refractivity contribution in [1.82, 2.24) is 9.66 Å². The Hall–Kier alpha value is -3.22. The number of imidazole rings is 1. The summed E-state index contributed by atoms with van der Waals surface area (Å²) in [7, 11) is 0. The Morgan fingerprint density at radius 1 is 0.960 bits per heavy atom. The summed E-state index contributed by atoms with van der Waals surface area (Å²) in [6, 6.07) is 16.2. The van der Waals surface area contributed by atoms with Gasteiger partial charge in [-0.3, -0.25) is 0 Å². The van der Waals surface area contributed by atoms with E-state index in [0.717, 1.165) is 16.3 Å². The number of hydrogen-bond acceptors (Lipinski definition) is 3. The first-order chi connectivity index (χ1) is 11.9. The molecule has 0 radical (unpaired) electrons. The second-order valence-corrected chi connectivity index (χ2v) is 5.75. The van der Waals surface area contributed by atoms with Crippen LogP contribution in [-0.4, -0.2) is 9.66 Å². The van der Waals surface area contributed by atoms with Crippen molar-refractivity contribution < 1.29 is 13.2 Å². The van der Waals surface area contributed by atoms with Crippen molar-refractivity contribution >= 4 is 27.5 Å². The summed E-state index contributed by atoms with van der Waals surface area (Å²) in [5.41, 5.74) is 8.63. The lowest BCUT2D eigenvalue weighted by atomic mass is 9.98. The third-order valence-electron chi connectivity index (χ3n) is 4.22. The van der Waals surface area contributed by atoms with E-state index in [2.05, 4.69) is 4.98 Å². The average molecular weight is 342 g/mol. The standard InChI is InChI=1S/C18H13F3N4/c19-18(20,21)17-24-14-9-11(6-8-15(14)25(17)23)13-7-5-10-3-1-2-4-12(10)16(13)22/h1-9H,22-23H2. The molecule has 0 unspecified atom stereocenters. The molecule has 0 spiro atoms. The molecule has 1 aromatic heterocycles. The molecule has 0 saturated carbocycles. The Kier molecular flexibility index (Phi) is 3.15. The van der Waals surface area contributed by atoms with Gasteiger partial charge in [-0.15, -0.1) is 0 Å². The smallest absolute Gasteiger partial charge is 0.398 e. The van der Waals surface area contributed by atoms with E-state index in [0.29, 0.717) is 15.9 Å². The van der Waals surface area contributed by atoms with Crippen LogP contribution in [0.5, 0.6) is 0 Å². The predicted octanol–water partition coefficient (Wildman–Crippen LogP) is 4.17. The van der Waals surface area contributed by atoms with E-state index in [1.165, 1.54) is 6.07 Å². The van der Waals surface area contributed by atoms with Crippen LogP contribution in [0.15, 0.2) is 54.6 Å². The minimum absolute atomic E-state index is 0.167. The fourth-order valence-electron chi connectivity index (χ4n) is 3.01. The summed E-state index contributed by atoms with van der Waals surface area (Å²) in [4.78, 5) is 3.63. The zero-order chi connectivity index (χ0) is 17.8. The monoisotopic (exact) mass is 342 g/mol. The van der Waals surface area contributed by atoms with Crippen LogP contribution in [0.4, 0.5) is 18.9 Å². The number of nitrogens with zero attached hydrogens (tertiary/aromatic N) is 2. The minimum atomic E-state index is -4.62. The van der Waals surface area contributed by atoms with E-state index in [9.17, 15) is 13.2 Å². The predicted molar refractivity (Wildman–Crippen MR) is 92.2 cm³/mol. The summed E-state index contributed by atoms with van der Waals surface area (Å²) in [6.07, 6.45) is -4.62. The third kappa shape index (κ3) is 2.36. The first-order valence-corrected chi connectivity index (χ1v) is 7.48. The Balaban J connectivity index is 1.92. The van der Waals surface area contributed by atoms with Gasteiger partial charge in [0.25, 0.3) is 0 Å². The zero-order valence-corrected chi connectivity index (χ0v) is 12.9. The topological polar surface area (TPSA) is 69.9 Å². The number of alkyl halides is 3. The zero-order valence-electron chi connectivity index (χ0n) is 12.9. The highest BCUT2D eigenvalue weighted by Crippen LogP contribution is 2.35. The Morgan fingerprint density at radius 3 is 2.48 bits per heavy atom. The van der Waals surface area contributed by atoms with Gasteiger partial charge < -0.3 is 11.6 Å². The van der Waals surface area contributed by atoms with Gasteiger partial charge in [0, 0.05) is 16.6 Å². The van der Waals surface area contributed by atoms with Crippen LogP contribution in [0.3, 0.4) is 0 Å². The number of rotatable bonds is 1. The molecule has 3 aromatic carbocycles. The average Bonchev–Trinajstić information content (AvgIpc) is 2.92. The van der Waals surface area contributed by atoms with Crippen LogP contribution in [0.1, 0.15) is 5.82 Å². The summed E-state index contributed by atoms with van der Waals surface area (Å²) in [6.45, 7) is 0. The Labute approximate surface area is 140 Å². The minimum Gasteiger partial charge on any atom is -0.398 e. The summed E-state index contributed by atoms with van der Waals surface area (Å²) in [5, 5.41) is 1.89. The van der Waals surface area contributed by atoms with Crippen molar-refractivity contribution in [2.75, 3.05) is 11.6 Å².